The predicted molar refractivity (Wildman–Crippen MR) is 69.7 cm³/mol. The van der Waals surface area contributed by atoms with E-state index in [9.17, 15) is 4.79 Å². The molecule has 0 aromatic carbocycles. The molecule has 1 aromatic heterocycles. The van der Waals surface area contributed by atoms with Gasteiger partial charge in [-0.2, -0.15) is 4.37 Å². The third kappa shape index (κ3) is 4.25. The summed E-state index contributed by atoms with van der Waals surface area (Å²) in [4.78, 5) is 15.4. The van der Waals surface area contributed by atoms with Gasteiger partial charge in [0.1, 0.15) is 11.4 Å². The summed E-state index contributed by atoms with van der Waals surface area (Å²) < 4.78 is 4.98. The van der Waals surface area contributed by atoms with E-state index in [1.165, 1.54) is 11.5 Å². The fourth-order valence-corrected chi connectivity index (χ4v) is 3.22. The maximum Gasteiger partial charge on any atom is 0.323 e. The lowest BCUT2D eigenvalue weighted by Crippen LogP contribution is -2.49. The van der Waals surface area contributed by atoms with Crippen molar-refractivity contribution in [3.05, 3.63) is 5.82 Å². The second-order valence-corrected chi connectivity index (χ2v) is 5.97. The van der Waals surface area contributed by atoms with Crippen molar-refractivity contribution in [1.82, 2.24) is 14.7 Å². The van der Waals surface area contributed by atoms with Crippen LogP contribution in [0.1, 0.15) is 26.1 Å². The van der Waals surface area contributed by atoms with Gasteiger partial charge in [-0.3, -0.25) is 4.79 Å². The third-order valence-corrected chi connectivity index (χ3v) is 4.30. The number of likely N-dealkylation sites (N-methyl/N-ethyl adjacent to an activating group) is 1. The number of nitrogens with one attached hydrogen (secondary N) is 1. The van der Waals surface area contributed by atoms with E-state index in [1.54, 1.807) is 18.7 Å². The van der Waals surface area contributed by atoms with Crippen molar-refractivity contribution >= 4 is 29.3 Å². The number of thioether (sulfide) groups is 1. The molecule has 0 radical (unpaired) electrons. The van der Waals surface area contributed by atoms with Crippen LogP contribution in [0.25, 0.3) is 0 Å². The number of nitrogens with zero attached hydrogens (tertiary/aromatic N) is 2. The minimum Gasteiger partial charge on any atom is -0.480 e. The van der Waals surface area contributed by atoms with Crippen molar-refractivity contribution in [1.29, 1.82) is 0 Å². The molecule has 7 heteroatoms. The van der Waals surface area contributed by atoms with Crippen molar-refractivity contribution in [3.63, 3.8) is 0 Å². The van der Waals surface area contributed by atoms with Crippen LogP contribution in [0.5, 0.6) is 0 Å². The van der Waals surface area contributed by atoms with Crippen LogP contribution < -0.4 is 5.32 Å². The van der Waals surface area contributed by atoms with Gasteiger partial charge in [0.05, 0.1) is 0 Å². The van der Waals surface area contributed by atoms with E-state index in [1.807, 2.05) is 13.8 Å². The normalized spacial score (nSPS) is 14.5. The number of carbonyl (C=O) groups is 1. The van der Waals surface area contributed by atoms with Crippen molar-refractivity contribution in [2.24, 2.45) is 0 Å². The highest BCUT2D eigenvalue weighted by atomic mass is 32.2. The van der Waals surface area contributed by atoms with Gasteiger partial charge in [-0.25, -0.2) is 4.98 Å². The molecule has 2 N–H and O–H groups in total. The SMILES string of the molecule is CCNC(C)(CCSc1nc(C)ns1)C(=O)O. The van der Waals surface area contributed by atoms with Crippen LogP contribution in [0.3, 0.4) is 0 Å². The Balaban J connectivity index is 2.45. The molecule has 5 nitrogen and oxygen atoms in total. The zero-order valence-electron chi connectivity index (χ0n) is 10.2. The molecule has 1 heterocycles. The molecule has 1 rings (SSSR count). The average molecular weight is 275 g/mol. The summed E-state index contributed by atoms with van der Waals surface area (Å²) in [6.07, 6.45) is 0.555. The molecule has 1 aromatic rings. The maximum absolute atomic E-state index is 11.2. The van der Waals surface area contributed by atoms with Gasteiger partial charge in [-0.1, -0.05) is 18.7 Å². The number of carboxylic acids is 1. The molecule has 96 valence electrons. The molecule has 0 aliphatic carbocycles. The first-order valence-electron chi connectivity index (χ1n) is 5.39. The highest BCUT2D eigenvalue weighted by Gasteiger charge is 2.31. The molecule has 1 atom stereocenters. The Morgan fingerprint density at radius 3 is 2.82 bits per heavy atom. The molecule has 17 heavy (non-hydrogen) atoms. The van der Waals surface area contributed by atoms with Crippen molar-refractivity contribution in [2.75, 3.05) is 12.3 Å². The predicted octanol–water partition coefficient (Wildman–Crippen LogP) is 1.78. The largest absolute Gasteiger partial charge is 0.480 e. The third-order valence-electron chi connectivity index (χ3n) is 2.38. The maximum atomic E-state index is 11.2. The Labute approximate surface area is 109 Å². The quantitative estimate of drug-likeness (QED) is 0.739. The van der Waals surface area contributed by atoms with E-state index in [2.05, 4.69) is 14.7 Å². The van der Waals surface area contributed by atoms with Gasteiger partial charge in [-0.05, 0) is 38.3 Å². The lowest BCUT2D eigenvalue weighted by molar-refractivity contribution is -0.144. The molecule has 0 bridgehead atoms. The van der Waals surface area contributed by atoms with E-state index < -0.39 is 11.5 Å². The number of carboxylic acid groups (broad SMARTS) is 1. The van der Waals surface area contributed by atoms with Crippen LogP contribution in [0.15, 0.2) is 4.34 Å². The van der Waals surface area contributed by atoms with E-state index in [0.717, 1.165) is 10.2 Å². The first-order chi connectivity index (χ1) is 7.98. The molecule has 1 unspecified atom stereocenters. The lowest BCUT2D eigenvalue weighted by atomic mass is 9.99. The summed E-state index contributed by atoms with van der Waals surface area (Å²) in [7, 11) is 0. The number of aryl methyl sites for hydroxylation is 1. The van der Waals surface area contributed by atoms with E-state index in [-0.39, 0.29) is 0 Å². The standard InChI is InChI=1S/C10H17N3O2S2/c1-4-11-10(3,8(14)15)5-6-16-9-12-7(2)13-17-9/h11H,4-6H2,1-3H3,(H,14,15). The van der Waals surface area contributed by atoms with Crippen molar-refractivity contribution < 1.29 is 9.90 Å². The van der Waals surface area contributed by atoms with Crippen LogP contribution in [0.4, 0.5) is 0 Å². The summed E-state index contributed by atoms with van der Waals surface area (Å²) in [5.74, 6) is 0.670. The Kier molecular flexibility index (Phi) is 5.35. The van der Waals surface area contributed by atoms with Crippen molar-refractivity contribution in [3.8, 4) is 0 Å². The number of hydrogen-bond donors (Lipinski definition) is 2. The molecular formula is C10H17N3O2S2. The van der Waals surface area contributed by atoms with Gasteiger partial charge < -0.3 is 10.4 Å². The highest BCUT2D eigenvalue weighted by Crippen LogP contribution is 2.23. The topological polar surface area (TPSA) is 75.1 Å². The van der Waals surface area contributed by atoms with Crippen LogP contribution in [-0.2, 0) is 4.79 Å². The summed E-state index contributed by atoms with van der Waals surface area (Å²) >= 11 is 2.91. The molecule has 0 saturated heterocycles. The molecule has 0 fully saturated rings. The zero-order chi connectivity index (χ0) is 12.9. The van der Waals surface area contributed by atoms with Gasteiger partial charge in [0, 0.05) is 5.75 Å². The summed E-state index contributed by atoms with van der Waals surface area (Å²) in [6.45, 7) is 6.11. The van der Waals surface area contributed by atoms with Crippen LogP contribution >= 0.6 is 23.3 Å². The summed E-state index contributed by atoms with van der Waals surface area (Å²) in [6, 6.07) is 0. The molecule has 0 aliphatic rings. The lowest BCUT2D eigenvalue weighted by Gasteiger charge is -2.25. The monoisotopic (exact) mass is 275 g/mol. The van der Waals surface area contributed by atoms with E-state index >= 15 is 0 Å². The summed E-state index contributed by atoms with van der Waals surface area (Å²) in [5.41, 5.74) is -0.860. The van der Waals surface area contributed by atoms with Crippen LogP contribution in [0, 0.1) is 6.92 Å². The van der Waals surface area contributed by atoms with Gasteiger partial charge in [0.15, 0.2) is 4.34 Å². The zero-order valence-corrected chi connectivity index (χ0v) is 11.8. The Hall–Kier alpha value is -0.660. The smallest absolute Gasteiger partial charge is 0.323 e. The minimum atomic E-state index is -0.860. The second-order valence-electron chi connectivity index (χ2n) is 3.87. The molecule has 0 aliphatic heterocycles. The Bertz CT molecular complexity index is 383. The van der Waals surface area contributed by atoms with Crippen LogP contribution in [-0.4, -0.2) is 38.3 Å². The van der Waals surface area contributed by atoms with Gasteiger partial charge >= 0.3 is 5.97 Å². The number of aromatic nitrogens is 2. The molecule has 0 spiro atoms. The fourth-order valence-electron chi connectivity index (χ4n) is 1.34. The molecule has 0 saturated carbocycles. The van der Waals surface area contributed by atoms with Gasteiger partial charge in [0.2, 0.25) is 0 Å². The first-order valence-corrected chi connectivity index (χ1v) is 7.15. The number of aliphatic carboxylic acids is 1. The van der Waals surface area contributed by atoms with Crippen molar-refractivity contribution in [2.45, 2.75) is 37.1 Å². The second kappa shape index (κ2) is 6.32. The molecular weight excluding hydrogens is 258 g/mol. The number of rotatable bonds is 7. The average Bonchev–Trinajstić information content (AvgIpc) is 2.64. The van der Waals surface area contributed by atoms with E-state index in [0.29, 0.717) is 18.7 Å². The van der Waals surface area contributed by atoms with Gasteiger partial charge in [0.25, 0.3) is 0 Å². The highest BCUT2D eigenvalue weighted by molar-refractivity contribution is 8.00. The Morgan fingerprint density at radius 2 is 2.35 bits per heavy atom. The molecule has 0 amide bonds. The van der Waals surface area contributed by atoms with Crippen LogP contribution in [0.2, 0.25) is 0 Å². The fraction of sp³-hybridized carbons (Fsp3) is 0.700. The Morgan fingerprint density at radius 1 is 1.65 bits per heavy atom. The first kappa shape index (κ1) is 14.4. The van der Waals surface area contributed by atoms with E-state index in [4.69, 9.17) is 5.11 Å². The minimum absolute atomic E-state index is 0.555. The summed E-state index contributed by atoms with van der Waals surface area (Å²) in [5, 5.41) is 12.2. The van der Waals surface area contributed by atoms with Gasteiger partial charge in [-0.15, -0.1) is 0 Å². The number of hydrogen-bond acceptors (Lipinski definition) is 6.